The molecule has 0 saturated carbocycles. The smallest absolute Gasteiger partial charge is 0.231 e. The van der Waals surface area contributed by atoms with E-state index in [1.807, 2.05) is 39.0 Å². The lowest BCUT2D eigenvalue weighted by Gasteiger charge is -2.18. The van der Waals surface area contributed by atoms with Crippen molar-refractivity contribution in [1.29, 1.82) is 0 Å². The molecule has 5 nitrogen and oxygen atoms in total. The Balaban J connectivity index is 1.99. The molecule has 0 fully saturated rings. The number of benzene rings is 2. The average molecular weight is 338 g/mol. The van der Waals surface area contributed by atoms with Crippen LogP contribution in [-0.2, 0) is 11.2 Å². The van der Waals surface area contributed by atoms with E-state index in [0.29, 0.717) is 22.7 Å². The number of rotatable bonds is 3. The maximum Gasteiger partial charge on any atom is 0.231 e. The van der Waals surface area contributed by atoms with E-state index in [9.17, 15) is 9.90 Å². The molecule has 3 rings (SSSR count). The van der Waals surface area contributed by atoms with E-state index in [1.165, 1.54) is 11.6 Å². The Morgan fingerprint density at radius 3 is 2.64 bits per heavy atom. The van der Waals surface area contributed by atoms with Gasteiger partial charge in [0.05, 0.1) is 5.56 Å². The molecule has 1 aromatic heterocycles. The van der Waals surface area contributed by atoms with Gasteiger partial charge in [0.2, 0.25) is 11.8 Å². The number of fused-ring (bicyclic) bond motifs is 1. The van der Waals surface area contributed by atoms with E-state index in [0.717, 1.165) is 11.9 Å². The van der Waals surface area contributed by atoms with Crippen molar-refractivity contribution >= 4 is 22.7 Å². The second kappa shape index (κ2) is 6.24. The number of oxazole rings is 1. The second-order valence-electron chi connectivity index (χ2n) is 7.11. The molecule has 0 radical (unpaired) electrons. The molecule has 0 spiro atoms. The average Bonchev–Trinajstić information content (AvgIpc) is 2.98. The normalized spacial score (nSPS) is 11.7. The number of phenols is 1. The van der Waals surface area contributed by atoms with Crippen molar-refractivity contribution in [2.45, 2.75) is 34.1 Å². The zero-order chi connectivity index (χ0) is 18.2. The molecule has 0 aliphatic heterocycles. The fourth-order valence-electron chi connectivity index (χ4n) is 2.41. The number of nitrogens with one attached hydrogen (secondary N) is 1. The Kier molecular flexibility index (Phi) is 4.25. The SMILES string of the molecule is CCc1ccc2oc(-c3cc(NC(=O)C(C)(C)C)ccc3O)nc2c1. The molecule has 0 unspecified atom stereocenters. The van der Waals surface area contributed by atoms with Gasteiger partial charge in [-0.15, -0.1) is 0 Å². The van der Waals surface area contributed by atoms with Crippen LogP contribution in [0, 0.1) is 5.41 Å². The van der Waals surface area contributed by atoms with Crippen LogP contribution in [0.15, 0.2) is 40.8 Å². The predicted octanol–water partition coefficient (Wildman–Crippen LogP) is 4.75. The highest BCUT2D eigenvalue weighted by Crippen LogP contribution is 2.34. The Hall–Kier alpha value is -2.82. The van der Waals surface area contributed by atoms with Crippen LogP contribution in [0.5, 0.6) is 5.75 Å². The van der Waals surface area contributed by atoms with Gasteiger partial charge in [-0.3, -0.25) is 4.79 Å². The van der Waals surface area contributed by atoms with Crippen LogP contribution in [0.1, 0.15) is 33.3 Å². The van der Waals surface area contributed by atoms with Gasteiger partial charge in [-0.1, -0.05) is 33.8 Å². The maximum atomic E-state index is 12.2. The second-order valence-corrected chi connectivity index (χ2v) is 7.11. The number of phenolic OH excluding ortho intramolecular Hbond substituents is 1. The lowest BCUT2D eigenvalue weighted by atomic mass is 9.95. The third kappa shape index (κ3) is 3.50. The molecule has 1 heterocycles. The third-order valence-corrected chi connectivity index (χ3v) is 4.03. The van der Waals surface area contributed by atoms with Crippen molar-refractivity contribution in [3.63, 3.8) is 0 Å². The molecule has 0 bridgehead atoms. The molecule has 2 aromatic carbocycles. The standard InChI is InChI=1S/C20H22N2O3/c1-5-12-6-9-17-15(10-12)22-18(25-17)14-11-13(7-8-16(14)23)21-19(24)20(2,3)4/h6-11,23H,5H2,1-4H3,(H,21,24). The summed E-state index contributed by atoms with van der Waals surface area (Å²) in [6.07, 6.45) is 0.914. The highest BCUT2D eigenvalue weighted by molar-refractivity contribution is 5.95. The van der Waals surface area contributed by atoms with Gasteiger partial charge >= 0.3 is 0 Å². The number of aromatic nitrogens is 1. The van der Waals surface area contributed by atoms with E-state index < -0.39 is 5.41 Å². The van der Waals surface area contributed by atoms with E-state index in [1.54, 1.807) is 12.1 Å². The third-order valence-electron chi connectivity index (χ3n) is 4.03. The summed E-state index contributed by atoms with van der Waals surface area (Å²) in [6, 6.07) is 10.7. The summed E-state index contributed by atoms with van der Waals surface area (Å²) in [5, 5.41) is 13.0. The summed E-state index contributed by atoms with van der Waals surface area (Å²) >= 11 is 0. The molecule has 0 aliphatic rings. The van der Waals surface area contributed by atoms with Crippen molar-refractivity contribution < 1.29 is 14.3 Å². The summed E-state index contributed by atoms with van der Waals surface area (Å²) in [6.45, 7) is 7.61. The predicted molar refractivity (Wildman–Crippen MR) is 98.6 cm³/mol. The van der Waals surface area contributed by atoms with Gasteiger partial charge < -0.3 is 14.8 Å². The van der Waals surface area contributed by atoms with Crippen LogP contribution in [0.4, 0.5) is 5.69 Å². The van der Waals surface area contributed by atoms with E-state index >= 15 is 0 Å². The van der Waals surface area contributed by atoms with Crippen molar-refractivity contribution in [3.05, 3.63) is 42.0 Å². The highest BCUT2D eigenvalue weighted by Gasteiger charge is 2.22. The minimum atomic E-state index is -0.508. The Morgan fingerprint density at radius 1 is 1.20 bits per heavy atom. The van der Waals surface area contributed by atoms with Gasteiger partial charge in [-0.25, -0.2) is 4.98 Å². The Bertz CT molecular complexity index is 936. The van der Waals surface area contributed by atoms with Crippen molar-refractivity contribution in [2.24, 2.45) is 5.41 Å². The number of amides is 1. The highest BCUT2D eigenvalue weighted by atomic mass is 16.3. The largest absolute Gasteiger partial charge is 0.507 e. The number of nitrogens with zero attached hydrogens (tertiary/aromatic N) is 1. The molecule has 2 N–H and O–H groups in total. The molecular formula is C20H22N2O3. The van der Waals surface area contributed by atoms with Gasteiger partial charge in [0.1, 0.15) is 11.3 Å². The fourth-order valence-corrected chi connectivity index (χ4v) is 2.41. The summed E-state index contributed by atoms with van der Waals surface area (Å²) in [5.41, 5.74) is 3.10. The van der Waals surface area contributed by atoms with Gasteiger partial charge in [0, 0.05) is 11.1 Å². The topological polar surface area (TPSA) is 75.4 Å². The number of carbonyl (C=O) groups is 1. The summed E-state index contributed by atoms with van der Waals surface area (Å²) < 4.78 is 5.78. The summed E-state index contributed by atoms with van der Waals surface area (Å²) in [5.74, 6) is 0.276. The van der Waals surface area contributed by atoms with E-state index in [-0.39, 0.29) is 11.7 Å². The first-order valence-corrected chi connectivity index (χ1v) is 8.32. The monoisotopic (exact) mass is 338 g/mol. The lowest BCUT2D eigenvalue weighted by Crippen LogP contribution is -2.27. The molecule has 0 saturated heterocycles. The van der Waals surface area contributed by atoms with Gasteiger partial charge in [-0.05, 0) is 42.3 Å². The van der Waals surface area contributed by atoms with Crippen molar-refractivity contribution in [3.8, 4) is 17.2 Å². The minimum Gasteiger partial charge on any atom is -0.507 e. The lowest BCUT2D eigenvalue weighted by molar-refractivity contribution is -0.123. The molecule has 25 heavy (non-hydrogen) atoms. The Morgan fingerprint density at radius 2 is 1.96 bits per heavy atom. The van der Waals surface area contributed by atoms with Gasteiger partial charge in [0.15, 0.2) is 5.58 Å². The Labute approximate surface area is 146 Å². The van der Waals surface area contributed by atoms with Gasteiger partial charge in [0.25, 0.3) is 0 Å². The first-order valence-electron chi connectivity index (χ1n) is 8.32. The zero-order valence-electron chi connectivity index (χ0n) is 14.9. The number of aryl methyl sites for hydroxylation is 1. The molecule has 0 aliphatic carbocycles. The molecule has 5 heteroatoms. The van der Waals surface area contributed by atoms with Crippen LogP contribution in [0.2, 0.25) is 0 Å². The fraction of sp³-hybridized carbons (Fsp3) is 0.300. The number of carbonyl (C=O) groups excluding carboxylic acids is 1. The van der Waals surface area contributed by atoms with Gasteiger partial charge in [-0.2, -0.15) is 0 Å². The van der Waals surface area contributed by atoms with Crippen LogP contribution < -0.4 is 5.32 Å². The number of anilines is 1. The first kappa shape index (κ1) is 17.0. The molecule has 130 valence electrons. The molecule has 3 aromatic rings. The molecular weight excluding hydrogens is 316 g/mol. The quantitative estimate of drug-likeness (QED) is 0.676. The minimum absolute atomic E-state index is 0.0519. The van der Waals surface area contributed by atoms with E-state index in [2.05, 4.69) is 17.2 Å². The number of aromatic hydroxyl groups is 1. The van der Waals surface area contributed by atoms with E-state index in [4.69, 9.17) is 4.42 Å². The van der Waals surface area contributed by atoms with Crippen LogP contribution in [-0.4, -0.2) is 16.0 Å². The number of hydrogen-bond acceptors (Lipinski definition) is 4. The number of hydrogen-bond donors (Lipinski definition) is 2. The van der Waals surface area contributed by atoms with Crippen molar-refractivity contribution in [2.75, 3.05) is 5.32 Å². The van der Waals surface area contributed by atoms with Crippen molar-refractivity contribution in [1.82, 2.24) is 4.98 Å². The molecule has 0 atom stereocenters. The maximum absolute atomic E-state index is 12.2. The van der Waals surface area contributed by atoms with Crippen LogP contribution in [0.3, 0.4) is 0 Å². The first-order chi connectivity index (χ1) is 11.8. The molecule has 1 amide bonds. The summed E-state index contributed by atoms with van der Waals surface area (Å²) in [4.78, 5) is 16.6. The van der Waals surface area contributed by atoms with Crippen LogP contribution in [0.25, 0.3) is 22.6 Å². The summed E-state index contributed by atoms with van der Waals surface area (Å²) in [7, 11) is 0. The van der Waals surface area contributed by atoms with Crippen LogP contribution >= 0.6 is 0 Å². The zero-order valence-corrected chi connectivity index (χ0v) is 14.9.